The molecule has 4 saturated carbocycles. The van der Waals surface area contributed by atoms with Gasteiger partial charge in [0.1, 0.15) is 0 Å². The Bertz CT molecular complexity index is 903. The molecular formula is C28H49NO5S. The van der Waals surface area contributed by atoms with Crippen molar-refractivity contribution in [2.45, 2.75) is 117 Å². The van der Waals surface area contributed by atoms with Crippen molar-refractivity contribution in [3.05, 3.63) is 0 Å². The van der Waals surface area contributed by atoms with Crippen LogP contribution in [0.5, 0.6) is 0 Å². The Morgan fingerprint density at radius 3 is 2.37 bits per heavy atom. The van der Waals surface area contributed by atoms with Crippen molar-refractivity contribution in [1.82, 2.24) is 5.32 Å². The van der Waals surface area contributed by atoms with Crippen molar-refractivity contribution in [1.29, 1.82) is 0 Å². The number of nitrogens with one attached hydrogen (secondary N) is 1. The van der Waals surface area contributed by atoms with E-state index in [1.165, 1.54) is 44.9 Å². The topological polar surface area (TPSA) is 104 Å². The molecule has 3 N–H and O–H groups in total. The SMILES string of the molecule is C[C@H](CCC(=O)NC(C)(C)CS(=O)(=O)O)[C@H]1CC[C@H]2[C@@H]3CC[C@@H]4C[C@H](O)CC[C@]4(C)[C@H]3CC[C@]12C. The first-order valence-corrected chi connectivity index (χ1v) is 15.7. The lowest BCUT2D eigenvalue weighted by Gasteiger charge is -2.61. The highest BCUT2D eigenvalue weighted by molar-refractivity contribution is 7.85. The smallest absolute Gasteiger partial charge is 0.267 e. The molecule has 0 saturated heterocycles. The minimum absolute atomic E-state index is 0.0917. The Morgan fingerprint density at radius 2 is 1.69 bits per heavy atom. The van der Waals surface area contributed by atoms with Gasteiger partial charge in [0.05, 0.1) is 17.4 Å². The second-order valence-electron chi connectivity index (χ2n) is 14.0. The van der Waals surface area contributed by atoms with Gasteiger partial charge in [-0.2, -0.15) is 8.42 Å². The Balaban J connectivity index is 1.37. The highest BCUT2D eigenvalue weighted by atomic mass is 32.2. The molecule has 0 aromatic heterocycles. The van der Waals surface area contributed by atoms with E-state index >= 15 is 0 Å². The first kappa shape index (κ1) is 27.4. The van der Waals surface area contributed by atoms with Gasteiger partial charge in [0, 0.05) is 6.42 Å². The van der Waals surface area contributed by atoms with Gasteiger partial charge in [0.15, 0.2) is 0 Å². The molecule has 0 radical (unpaired) electrons. The van der Waals surface area contributed by atoms with Crippen LogP contribution in [0.2, 0.25) is 0 Å². The maximum Gasteiger partial charge on any atom is 0.267 e. The summed E-state index contributed by atoms with van der Waals surface area (Å²) in [6.45, 7) is 10.6. The summed E-state index contributed by atoms with van der Waals surface area (Å²) in [5.41, 5.74) is -0.236. The van der Waals surface area contributed by atoms with Crippen LogP contribution in [-0.4, -0.2) is 41.4 Å². The zero-order valence-electron chi connectivity index (χ0n) is 22.6. The van der Waals surface area contributed by atoms with Gasteiger partial charge in [0.25, 0.3) is 10.1 Å². The van der Waals surface area contributed by atoms with E-state index in [1.807, 2.05) is 0 Å². The highest BCUT2D eigenvalue weighted by Crippen LogP contribution is 2.68. The predicted octanol–water partition coefficient (Wildman–Crippen LogP) is 5.21. The van der Waals surface area contributed by atoms with Crippen molar-refractivity contribution in [3.63, 3.8) is 0 Å². The van der Waals surface area contributed by atoms with E-state index in [0.29, 0.717) is 35.0 Å². The molecule has 4 fully saturated rings. The van der Waals surface area contributed by atoms with Crippen molar-refractivity contribution in [2.24, 2.45) is 46.3 Å². The van der Waals surface area contributed by atoms with E-state index < -0.39 is 21.4 Å². The van der Waals surface area contributed by atoms with Gasteiger partial charge < -0.3 is 10.4 Å². The molecule has 1 amide bonds. The molecule has 9 atom stereocenters. The van der Waals surface area contributed by atoms with Crippen molar-refractivity contribution in [2.75, 3.05) is 5.75 Å². The number of hydrogen-bond donors (Lipinski definition) is 3. The normalized spacial score (nSPS) is 42.5. The van der Waals surface area contributed by atoms with Crippen molar-refractivity contribution >= 4 is 16.0 Å². The fraction of sp³-hybridized carbons (Fsp3) is 0.964. The highest BCUT2D eigenvalue weighted by Gasteiger charge is 2.60. The lowest BCUT2D eigenvalue weighted by atomic mass is 9.44. The van der Waals surface area contributed by atoms with Crippen LogP contribution in [-0.2, 0) is 14.9 Å². The number of carbonyl (C=O) groups excluding carboxylic acids is 1. The summed E-state index contributed by atoms with van der Waals surface area (Å²) in [7, 11) is -4.14. The minimum atomic E-state index is -4.14. The molecule has 6 nitrogen and oxygen atoms in total. The molecule has 0 spiro atoms. The summed E-state index contributed by atoms with van der Waals surface area (Å²) < 4.78 is 31.6. The largest absolute Gasteiger partial charge is 0.393 e. The van der Waals surface area contributed by atoms with Crippen LogP contribution in [0.3, 0.4) is 0 Å². The molecule has 4 aliphatic carbocycles. The number of fused-ring (bicyclic) bond motifs is 5. The van der Waals surface area contributed by atoms with Crippen LogP contribution in [0.4, 0.5) is 0 Å². The first-order chi connectivity index (χ1) is 16.1. The number of carbonyl (C=O) groups is 1. The van der Waals surface area contributed by atoms with Gasteiger partial charge in [-0.3, -0.25) is 9.35 Å². The summed E-state index contributed by atoms with van der Waals surface area (Å²) in [5, 5.41) is 13.1. The molecule has 4 rings (SSSR count). The van der Waals surface area contributed by atoms with E-state index in [4.69, 9.17) is 4.55 Å². The molecule has 0 aromatic carbocycles. The molecule has 0 heterocycles. The Kier molecular flexibility index (Phi) is 7.49. The van der Waals surface area contributed by atoms with Crippen molar-refractivity contribution in [3.8, 4) is 0 Å². The number of amides is 1. The quantitative estimate of drug-likeness (QED) is 0.407. The molecule has 4 aliphatic rings. The van der Waals surface area contributed by atoms with Gasteiger partial charge >= 0.3 is 0 Å². The fourth-order valence-corrected chi connectivity index (χ4v) is 10.7. The van der Waals surface area contributed by atoms with Crippen LogP contribution in [0, 0.1) is 46.3 Å². The number of aliphatic hydroxyl groups excluding tert-OH is 1. The monoisotopic (exact) mass is 511 g/mol. The first-order valence-electron chi connectivity index (χ1n) is 14.1. The summed E-state index contributed by atoms with van der Waals surface area (Å²) in [5.74, 6) is 3.55. The zero-order valence-corrected chi connectivity index (χ0v) is 23.4. The van der Waals surface area contributed by atoms with E-state index in [9.17, 15) is 18.3 Å². The minimum Gasteiger partial charge on any atom is -0.393 e. The van der Waals surface area contributed by atoms with Crippen LogP contribution < -0.4 is 5.32 Å². The maximum absolute atomic E-state index is 12.6. The van der Waals surface area contributed by atoms with Gasteiger partial charge in [-0.25, -0.2) is 0 Å². The van der Waals surface area contributed by atoms with Gasteiger partial charge in [0.2, 0.25) is 5.91 Å². The van der Waals surface area contributed by atoms with E-state index in [1.54, 1.807) is 13.8 Å². The summed E-state index contributed by atoms with van der Waals surface area (Å²) in [6, 6.07) is 0. The third-order valence-corrected chi connectivity index (χ3v) is 12.3. The number of hydrogen-bond acceptors (Lipinski definition) is 4. The van der Waals surface area contributed by atoms with E-state index in [0.717, 1.165) is 37.0 Å². The lowest BCUT2D eigenvalue weighted by Crippen LogP contribution is -2.54. The van der Waals surface area contributed by atoms with Gasteiger partial charge in [-0.15, -0.1) is 0 Å². The number of rotatable bonds is 7. The molecule has 0 unspecified atom stereocenters. The van der Waals surface area contributed by atoms with E-state index in [2.05, 4.69) is 26.1 Å². The lowest BCUT2D eigenvalue weighted by molar-refractivity contribution is -0.130. The summed E-state index contributed by atoms with van der Waals surface area (Å²) in [6.07, 6.45) is 12.0. The van der Waals surface area contributed by atoms with E-state index in [-0.39, 0.29) is 12.0 Å². The average molecular weight is 512 g/mol. The third-order valence-electron chi connectivity index (χ3n) is 11.2. The second-order valence-corrected chi connectivity index (χ2v) is 15.4. The standard InChI is InChI=1S/C28H49NO5S/c1-18(6-11-25(31)29-26(2,3)17-35(32,33)34)22-9-10-23-21-8-7-19-16-20(30)12-14-27(19,4)24(21)13-15-28(22,23)5/h18-24,30H,6-17H2,1-5H3,(H,29,31)(H,32,33,34)/t18-,19-,20-,21+,22-,23+,24+,27+,28-/m1/s1. The van der Waals surface area contributed by atoms with Crippen LogP contribution in [0.15, 0.2) is 0 Å². The molecule has 0 bridgehead atoms. The maximum atomic E-state index is 12.6. The van der Waals surface area contributed by atoms with Crippen molar-refractivity contribution < 1.29 is 22.9 Å². The molecule has 0 aliphatic heterocycles. The van der Waals surface area contributed by atoms with Crippen LogP contribution in [0.25, 0.3) is 0 Å². The van der Waals surface area contributed by atoms with Gasteiger partial charge in [-0.05, 0) is 124 Å². The molecule has 35 heavy (non-hydrogen) atoms. The molecule has 7 heteroatoms. The molecule has 0 aromatic rings. The molecular weight excluding hydrogens is 462 g/mol. The Labute approximate surface area is 213 Å². The second kappa shape index (κ2) is 9.58. The fourth-order valence-electron chi connectivity index (χ4n) is 9.70. The average Bonchev–Trinajstić information content (AvgIpc) is 3.07. The summed E-state index contributed by atoms with van der Waals surface area (Å²) >= 11 is 0. The Hall–Kier alpha value is -0.660. The zero-order chi connectivity index (χ0) is 25.8. The Morgan fingerprint density at radius 1 is 1.03 bits per heavy atom. The molecule has 202 valence electrons. The summed E-state index contributed by atoms with van der Waals surface area (Å²) in [4.78, 5) is 12.6. The third kappa shape index (κ3) is 5.47. The van der Waals surface area contributed by atoms with Gasteiger partial charge in [-0.1, -0.05) is 20.8 Å². The number of aliphatic hydroxyl groups is 1. The predicted molar refractivity (Wildman–Crippen MR) is 138 cm³/mol. The van der Waals surface area contributed by atoms with Crippen LogP contribution >= 0.6 is 0 Å². The van der Waals surface area contributed by atoms with Crippen LogP contribution in [0.1, 0.15) is 105 Å².